The average molecular weight is 273 g/mol. The number of aryl methyl sites for hydroxylation is 1. The van der Waals surface area contributed by atoms with Crippen molar-refractivity contribution in [1.29, 1.82) is 0 Å². The minimum atomic E-state index is -4.14. The van der Waals surface area contributed by atoms with Crippen molar-refractivity contribution < 1.29 is 18.3 Å². The first-order valence-corrected chi connectivity index (χ1v) is 6.42. The number of hydrogen-bond donors (Lipinski definition) is 2. The van der Waals surface area contributed by atoms with E-state index < -0.39 is 12.6 Å². The van der Waals surface area contributed by atoms with Crippen molar-refractivity contribution in [3.8, 4) is 5.75 Å². The Labute approximate surface area is 110 Å². The Morgan fingerprint density at radius 1 is 1.32 bits per heavy atom. The molecule has 1 aromatic rings. The van der Waals surface area contributed by atoms with Gasteiger partial charge >= 0.3 is 6.18 Å². The predicted octanol–water partition coefficient (Wildman–Crippen LogP) is 3.79. The maximum absolute atomic E-state index is 12.2. The highest BCUT2D eigenvalue weighted by molar-refractivity contribution is 5.50. The summed E-state index contributed by atoms with van der Waals surface area (Å²) in [4.78, 5) is 0. The lowest BCUT2D eigenvalue weighted by atomic mass is 9.97. The van der Waals surface area contributed by atoms with Gasteiger partial charge in [-0.15, -0.1) is 0 Å². The maximum atomic E-state index is 12.2. The first-order chi connectivity index (χ1) is 8.79. The Morgan fingerprint density at radius 3 is 2.63 bits per heavy atom. The van der Waals surface area contributed by atoms with Crippen molar-refractivity contribution in [1.82, 2.24) is 5.32 Å². The second kappa shape index (κ2) is 5.04. The first kappa shape index (κ1) is 14.2. The normalized spacial score (nSPS) is 22.6. The second-order valence-electron chi connectivity index (χ2n) is 5.24. The topological polar surface area (TPSA) is 32.3 Å². The largest absolute Gasteiger partial charge is 0.508 e. The Morgan fingerprint density at radius 2 is 2.00 bits per heavy atom. The molecule has 2 rings (SSSR count). The summed E-state index contributed by atoms with van der Waals surface area (Å²) in [5, 5.41) is 12.9. The van der Waals surface area contributed by atoms with Crippen molar-refractivity contribution in [2.75, 3.05) is 6.54 Å². The van der Waals surface area contributed by atoms with Crippen LogP contribution in [0.3, 0.4) is 0 Å². The van der Waals surface area contributed by atoms with Crippen LogP contribution in [0.5, 0.6) is 5.75 Å². The number of phenolic OH excluding ortho intramolecular Hbond substituents is 1. The minimum Gasteiger partial charge on any atom is -0.508 e. The summed E-state index contributed by atoms with van der Waals surface area (Å²) in [5.74, 6) is 0.431. The van der Waals surface area contributed by atoms with E-state index in [9.17, 15) is 18.3 Å². The van der Waals surface area contributed by atoms with Gasteiger partial charge in [0.15, 0.2) is 0 Å². The fourth-order valence-corrected chi connectivity index (χ4v) is 2.92. The molecule has 0 aliphatic heterocycles. The molecule has 0 bridgehead atoms. The molecule has 2 atom stereocenters. The lowest BCUT2D eigenvalue weighted by Crippen LogP contribution is -2.25. The first-order valence-electron chi connectivity index (χ1n) is 6.42. The van der Waals surface area contributed by atoms with E-state index in [1.165, 1.54) is 0 Å². The third-order valence-electron chi connectivity index (χ3n) is 3.71. The van der Waals surface area contributed by atoms with Gasteiger partial charge in [0.2, 0.25) is 0 Å². The molecule has 0 radical (unpaired) electrons. The average Bonchev–Trinajstić information content (AvgIpc) is 2.61. The van der Waals surface area contributed by atoms with E-state index in [1.54, 1.807) is 6.07 Å². The zero-order chi connectivity index (χ0) is 14.2. The molecule has 2 N–H and O–H groups in total. The summed E-state index contributed by atoms with van der Waals surface area (Å²) in [7, 11) is 0. The number of fused-ring (bicyclic) bond motifs is 1. The van der Waals surface area contributed by atoms with Gasteiger partial charge in [-0.05, 0) is 36.5 Å². The van der Waals surface area contributed by atoms with Gasteiger partial charge in [0, 0.05) is 18.2 Å². The molecule has 0 amide bonds. The number of alkyl halides is 3. The molecule has 106 valence electrons. The smallest absolute Gasteiger partial charge is 0.390 e. The van der Waals surface area contributed by atoms with Crippen LogP contribution in [0.15, 0.2) is 12.1 Å². The summed E-state index contributed by atoms with van der Waals surface area (Å²) in [6, 6.07) is 3.28. The standard InChI is InChI=1S/C14H18F3NO/c1-8-3-4-11(19)13-10(7-9(2)12(8)13)18-6-5-14(15,16)17/h3-4,9-10,18-19H,5-7H2,1-2H3. The van der Waals surface area contributed by atoms with Gasteiger partial charge in [0.25, 0.3) is 0 Å². The molecule has 19 heavy (non-hydrogen) atoms. The van der Waals surface area contributed by atoms with Crippen LogP contribution >= 0.6 is 0 Å². The number of hydrogen-bond acceptors (Lipinski definition) is 2. The number of nitrogens with one attached hydrogen (secondary N) is 1. The number of benzene rings is 1. The van der Waals surface area contributed by atoms with Gasteiger partial charge in [-0.25, -0.2) is 0 Å². The third kappa shape index (κ3) is 3.03. The van der Waals surface area contributed by atoms with E-state index in [-0.39, 0.29) is 24.3 Å². The number of phenols is 1. The van der Waals surface area contributed by atoms with E-state index in [4.69, 9.17) is 0 Å². The number of halogens is 3. The summed E-state index contributed by atoms with van der Waals surface area (Å²) >= 11 is 0. The van der Waals surface area contributed by atoms with Gasteiger partial charge in [-0.3, -0.25) is 0 Å². The van der Waals surface area contributed by atoms with E-state index in [0.717, 1.165) is 23.1 Å². The van der Waals surface area contributed by atoms with E-state index in [1.807, 2.05) is 19.9 Å². The Bertz CT molecular complexity index is 470. The fourth-order valence-electron chi connectivity index (χ4n) is 2.92. The molecule has 0 aromatic heterocycles. The zero-order valence-electron chi connectivity index (χ0n) is 11.0. The Kier molecular flexibility index (Phi) is 3.76. The lowest BCUT2D eigenvalue weighted by molar-refractivity contribution is -0.133. The van der Waals surface area contributed by atoms with Crippen LogP contribution in [0.1, 0.15) is 48.4 Å². The number of aromatic hydroxyl groups is 1. The predicted molar refractivity (Wildman–Crippen MR) is 67.3 cm³/mol. The van der Waals surface area contributed by atoms with E-state index >= 15 is 0 Å². The maximum Gasteiger partial charge on any atom is 0.390 e. The molecular formula is C14H18F3NO. The molecule has 0 spiro atoms. The van der Waals surface area contributed by atoms with Crippen LogP contribution in [0, 0.1) is 6.92 Å². The highest BCUT2D eigenvalue weighted by Crippen LogP contribution is 2.45. The van der Waals surface area contributed by atoms with Crippen LogP contribution < -0.4 is 5.32 Å². The van der Waals surface area contributed by atoms with Crippen molar-refractivity contribution in [2.45, 2.75) is 44.8 Å². The lowest BCUT2D eigenvalue weighted by Gasteiger charge is -2.16. The molecule has 5 heteroatoms. The highest BCUT2D eigenvalue weighted by Gasteiger charge is 2.33. The summed E-state index contributed by atoms with van der Waals surface area (Å²) < 4.78 is 36.5. The SMILES string of the molecule is Cc1ccc(O)c2c1C(C)CC2NCCC(F)(F)F. The zero-order valence-corrected chi connectivity index (χ0v) is 11.0. The van der Waals surface area contributed by atoms with Crippen LogP contribution in [0.2, 0.25) is 0 Å². The van der Waals surface area contributed by atoms with Crippen LogP contribution in [-0.2, 0) is 0 Å². The van der Waals surface area contributed by atoms with Crippen molar-refractivity contribution in [3.05, 3.63) is 28.8 Å². The third-order valence-corrected chi connectivity index (χ3v) is 3.71. The summed E-state index contributed by atoms with van der Waals surface area (Å²) in [5.41, 5.74) is 2.93. The van der Waals surface area contributed by atoms with Crippen LogP contribution in [-0.4, -0.2) is 17.8 Å². The van der Waals surface area contributed by atoms with Crippen molar-refractivity contribution in [3.63, 3.8) is 0 Å². The molecule has 0 saturated heterocycles. The van der Waals surface area contributed by atoms with Gasteiger partial charge < -0.3 is 10.4 Å². The number of rotatable bonds is 3. The summed E-state index contributed by atoms with van der Waals surface area (Å²) in [6.07, 6.45) is -4.26. The molecular weight excluding hydrogens is 255 g/mol. The Hall–Kier alpha value is -1.23. The second-order valence-corrected chi connectivity index (χ2v) is 5.24. The van der Waals surface area contributed by atoms with Crippen molar-refractivity contribution in [2.24, 2.45) is 0 Å². The quantitative estimate of drug-likeness (QED) is 0.878. The molecule has 0 heterocycles. The molecule has 1 aliphatic carbocycles. The molecule has 1 aliphatic rings. The molecule has 1 aromatic carbocycles. The van der Waals surface area contributed by atoms with Crippen LogP contribution in [0.4, 0.5) is 13.2 Å². The van der Waals surface area contributed by atoms with E-state index in [2.05, 4.69) is 5.32 Å². The molecule has 2 unspecified atom stereocenters. The van der Waals surface area contributed by atoms with Crippen molar-refractivity contribution >= 4 is 0 Å². The van der Waals surface area contributed by atoms with E-state index in [0.29, 0.717) is 0 Å². The monoisotopic (exact) mass is 273 g/mol. The van der Waals surface area contributed by atoms with Crippen LogP contribution in [0.25, 0.3) is 0 Å². The van der Waals surface area contributed by atoms with Gasteiger partial charge in [-0.1, -0.05) is 13.0 Å². The van der Waals surface area contributed by atoms with Gasteiger partial charge in [0.05, 0.1) is 6.42 Å². The fraction of sp³-hybridized carbons (Fsp3) is 0.571. The molecule has 0 saturated carbocycles. The highest BCUT2D eigenvalue weighted by atomic mass is 19.4. The Balaban J connectivity index is 2.13. The minimum absolute atomic E-state index is 0.117. The van der Waals surface area contributed by atoms with Gasteiger partial charge in [0.1, 0.15) is 5.75 Å². The molecule has 0 fully saturated rings. The van der Waals surface area contributed by atoms with Gasteiger partial charge in [-0.2, -0.15) is 13.2 Å². The molecule has 2 nitrogen and oxygen atoms in total. The summed E-state index contributed by atoms with van der Waals surface area (Å²) in [6.45, 7) is 3.89.